The number of aromatic nitrogens is 2. The van der Waals surface area contributed by atoms with Crippen LogP contribution < -0.4 is 5.73 Å². The van der Waals surface area contributed by atoms with Crippen LogP contribution in [0.3, 0.4) is 0 Å². The number of anilines is 1. The van der Waals surface area contributed by atoms with Crippen molar-refractivity contribution in [2.45, 2.75) is 26.4 Å². The summed E-state index contributed by atoms with van der Waals surface area (Å²) in [6.07, 6.45) is 0. The van der Waals surface area contributed by atoms with Crippen LogP contribution in [0.25, 0.3) is 0 Å². The van der Waals surface area contributed by atoms with E-state index in [4.69, 9.17) is 5.73 Å². The predicted molar refractivity (Wildman–Crippen MR) is 60.9 cm³/mol. The molecule has 1 rings (SSSR count). The van der Waals surface area contributed by atoms with Crippen LogP contribution in [-0.4, -0.2) is 44.8 Å². The van der Waals surface area contributed by atoms with Crippen molar-refractivity contribution < 1.29 is 9.90 Å². The Morgan fingerprint density at radius 1 is 1.69 bits per heavy atom. The third kappa shape index (κ3) is 3.23. The Hall–Kier alpha value is -1.56. The summed E-state index contributed by atoms with van der Waals surface area (Å²) < 4.78 is 0. The van der Waals surface area contributed by atoms with Gasteiger partial charge in [-0.05, 0) is 20.8 Å². The van der Waals surface area contributed by atoms with Gasteiger partial charge in [0, 0.05) is 19.2 Å². The van der Waals surface area contributed by atoms with Gasteiger partial charge < -0.3 is 15.7 Å². The number of rotatable bonds is 4. The second-order valence-electron chi connectivity index (χ2n) is 4.34. The fraction of sp³-hybridized carbons (Fsp3) is 0.600. The van der Waals surface area contributed by atoms with Gasteiger partial charge in [-0.25, -0.2) is 0 Å². The van der Waals surface area contributed by atoms with Gasteiger partial charge in [0.05, 0.1) is 5.60 Å². The van der Waals surface area contributed by atoms with Gasteiger partial charge in [0.2, 0.25) is 0 Å². The molecule has 0 aliphatic heterocycles. The standard InChI is InChI=1S/C10H18N4O2/c1-4-14(6-10(2,3)16)9(15)7-5-8(11)13-12-7/h5,16H,4,6H2,1-3H3,(H3,11,12,13). The lowest BCUT2D eigenvalue weighted by molar-refractivity contribution is 0.0311. The molecule has 0 atom stereocenters. The normalized spacial score (nSPS) is 11.5. The number of hydrogen-bond donors (Lipinski definition) is 3. The van der Waals surface area contributed by atoms with Crippen LogP contribution in [0.15, 0.2) is 6.07 Å². The highest BCUT2D eigenvalue weighted by Crippen LogP contribution is 2.09. The van der Waals surface area contributed by atoms with Gasteiger partial charge in [0.1, 0.15) is 11.5 Å². The Balaban J connectivity index is 2.78. The van der Waals surface area contributed by atoms with Crippen LogP contribution in [0, 0.1) is 0 Å². The molecule has 6 nitrogen and oxygen atoms in total. The summed E-state index contributed by atoms with van der Waals surface area (Å²) >= 11 is 0. The van der Waals surface area contributed by atoms with Crippen LogP contribution in [0.4, 0.5) is 5.82 Å². The van der Waals surface area contributed by atoms with Crippen molar-refractivity contribution in [3.63, 3.8) is 0 Å². The summed E-state index contributed by atoms with van der Waals surface area (Å²) in [6.45, 7) is 5.95. The first-order chi connectivity index (χ1) is 7.33. The molecule has 0 fully saturated rings. The molecule has 6 heteroatoms. The molecule has 0 aromatic carbocycles. The molecule has 90 valence electrons. The van der Waals surface area contributed by atoms with Crippen molar-refractivity contribution in [2.75, 3.05) is 18.8 Å². The molecule has 16 heavy (non-hydrogen) atoms. The minimum atomic E-state index is -0.919. The van der Waals surface area contributed by atoms with Crippen molar-refractivity contribution in [3.8, 4) is 0 Å². The van der Waals surface area contributed by atoms with Gasteiger partial charge >= 0.3 is 0 Å². The molecule has 0 saturated heterocycles. The topological polar surface area (TPSA) is 95.2 Å². The highest BCUT2D eigenvalue weighted by Gasteiger charge is 2.23. The second-order valence-corrected chi connectivity index (χ2v) is 4.34. The number of carbonyl (C=O) groups is 1. The predicted octanol–water partition coefficient (Wildman–Crippen LogP) is 0.225. The zero-order valence-electron chi connectivity index (χ0n) is 9.82. The van der Waals surface area contributed by atoms with Crippen molar-refractivity contribution in [1.29, 1.82) is 0 Å². The quantitative estimate of drug-likeness (QED) is 0.684. The number of carbonyl (C=O) groups excluding carboxylic acids is 1. The Labute approximate surface area is 94.4 Å². The smallest absolute Gasteiger partial charge is 0.272 e. The van der Waals surface area contributed by atoms with Crippen molar-refractivity contribution in [2.24, 2.45) is 0 Å². The fourth-order valence-corrected chi connectivity index (χ4v) is 1.41. The summed E-state index contributed by atoms with van der Waals surface area (Å²) in [5, 5.41) is 15.9. The van der Waals surface area contributed by atoms with E-state index in [2.05, 4.69) is 10.2 Å². The molecule has 4 N–H and O–H groups in total. The molecule has 0 aliphatic carbocycles. The lowest BCUT2D eigenvalue weighted by Crippen LogP contribution is -2.42. The van der Waals surface area contributed by atoms with Crippen LogP contribution >= 0.6 is 0 Å². The molecule has 0 bridgehead atoms. The first-order valence-corrected chi connectivity index (χ1v) is 5.16. The molecule has 1 aromatic heterocycles. The third-order valence-electron chi connectivity index (χ3n) is 2.07. The second kappa shape index (κ2) is 4.52. The number of nitrogens with two attached hydrogens (primary N) is 1. The number of hydrogen-bond acceptors (Lipinski definition) is 4. The number of amides is 1. The van der Waals surface area contributed by atoms with Gasteiger partial charge in [0.25, 0.3) is 5.91 Å². The summed E-state index contributed by atoms with van der Waals surface area (Å²) in [7, 11) is 0. The van der Waals surface area contributed by atoms with Crippen LogP contribution in [0.1, 0.15) is 31.3 Å². The Morgan fingerprint density at radius 2 is 2.31 bits per heavy atom. The van der Waals surface area contributed by atoms with Gasteiger partial charge in [0.15, 0.2) is 0 Å². The van der Waals surface area contributed by atoms with Gasteiger partial charge in [-0.15, -0.1) is 0 Å². The van der Waals surface area contributed by atoms with E-state index in [0.29, 0.717) is 12.2 Å². The van der Waals surface area contributed by atoms with E-state index in [1.54, 1.807) is 13.8 Å². The lowest BCUT2D eigenvalue weighted by Gasteiger charge is -2.27. The van der Waals surface area contributed by atoms with E-state index in [9.17, 15) is 9.90 Å². The van der Waals surface area contributed by atoms with E-state index >= 15 is 0 Å². The molecule has 0 saturated carbocycles. The van der Waals surface area contributed by atoms with Gasteiger partial charge in [-0.1, -0.05) is 0 Å². The van der Waals surface area contributed by atoms with E-state index in [-0.39, 0.29) is 18.3 Å². The zero-order valence-corrected chi connectivity index (χ0v) is 9.82. The highest BCUT2D eigenvalue weighted by molar-refractivity contribution is 5.93. The monoisotopic (exact) mass is 226 g/mol. The fourth-order valence-electron chi connectivity index (χ4n) is 1.41. The van der Waals surface area contributed by atoms with Crippen molar-refractivity contribution >= 4 is 11.7 Å². The van der Waals surface area contributed by atoms with E-state index in [1.165, 1.54) is 11.0 Å². The van der Waals surface area contributed by atoms with Gasteiger partial charge in [-0.3, -0.25) is 9.89 Å². The summed E-state index contributed by atoms with van der Waals surface area (Å²) in [6, 6.07) is 1.48. The molecule has 1 heterocycles. The molecule has 1 amide bonds. The molecule has 0 unspecified atom stereocenters. The maximum atomic E-state index is 12.0. The van der Waals surface area contributed by atoms with Gasteiger partial charge in [-0.2, -0.15) is 5.10 Å². The molecular formula is C10H18N4O2. The van der Waals surface area contributed by atoms with Crippen molar-refractivity contribution in [3.05, 3.63) is 11.8 Å². The lowest BCUT2D eigenvalue weighted by atomic mass is 10.1. The average Bonchev–Trinajstić information content (AvgIpc) is 2.58. The number of H-pyrrole nitrogens is 1. The highest BCUT2D eigenvalue weighted by atomic mass is 16.3. The maximum Gasteiger partial charge on any atom is 0.272 e. The summed E-state index contributed by atoms with van der Waals surface area (Å²) in [4.78, 5) is 13.5. The van der Waals surface area contributed by atoms with Crippen molar-refractivity contribution in [1.82, 2.24) is 15.1 Å². The molecule has 1 aromatic rings. The van der Waals surface area contributed by atoms with E-state index in [1.807, 2.05) is 6.92 Å². The first kappa shape index (κ1) is 12.5. The minimum Gasteiger partial charge on any atom is -0.389 e. The summed E-state index contributed by atoms with van der Waals surface area (Å²) in [5.41, 5.74) is 4.84. The largest absolute Gasteiger partial charge is 0.389 e. The van der Waals surface area contributed by atoms with Crippen LogP contribution in [-0.2, 0) is 0 Å². The SMILES string of the molecule is CCN(CC(C)(C)O)C(=O)c1cc(N)n[nH]1. The molecule has 0 spiro atoms. The molecule has 0 radical (unpaired) electrons. The number of likely N-dealkylation sites (N-methyl/N-ethyl adjacent to an activating group) is 1. The Bertz CT molecular complexity index is 367. The number of nitrogens with one attached hydrogen (secondary N) is 1. The number of aromatic amines is 1. The number of aliphatic hydroxyl groups is 1. The first-order valence-electron chi connectivity index (χ1n) is 5.16. The number of nitrogens with zero attached hydrogens (tertiary/aromatic N) is 2. The average molecular weight is 226 g/mol. The van der Waals surface area contributed by atoms with Crippen LogP contribution in [0.5, 0.6) is 0 Å². The summed E-state index contributed by atoms with van der Waals surface area (Å²) in [5.74, 6) is 0.0662. The maximum absolute atomic E-state index is 12.0. The zero-order chi connectivity index (χ0) is 12.3. The third-order valence-corrected chi connectivity index (χ3v) is 2.07. The number of nitrogen functional groups attached to an aromatic ring is 1. The Kier molecular flexibility index (Phi) is 3.54. The molecule has 0 aliphatic rings. The minimum absolute atomic E-state index is 0.214. The Morgan fingerprint density at radius 3 is 2.69 bits per heavy atom. The van der Waals surface area contributed by atoms with Crippen LogP contribution in [0.2, 0.25) is 0 Å². The molecular weight excluding hydrogens is 208 g/mol. The van der Waals surface area contributed by atoms with E-state index < -0.39 is 5.60 Å². The van der Waals surface area contributed by atoms with E-state index in [0.717, 1.165) is 0 Å².